The Kier molecular flexibility index (Phi) is 6.32. The highest BCUT2D eigenvalue weighted by molar-refractivity contribution is 6.39. The van der Waals surface area contributed by atoms with Crippen LogP contribution in [0.15, 0.2) is 12.1 Å². The van der Waals surface area contributed by atoms with Gasteiger partial charge in [-0.2, -0.15) is 0 Å². The Bertz CT molecular complexity index is 511. The van der Waals surface area contributed by atoms with Crippen molar-refractivity contribution in [3.05, 3.63) is 22.2 Å². The van der Waals surface area contributed by atoms with Crippen molar-refractivity contribution in [1.29, 1.82) is 0 Å². The maximum atomic E-state index is 12.1. The molecular formula is C15H20Cl2N2O3. The fourth-order valence-corrected chi connectivity index (χ4v) is 2.65. The average Bonchev–Trinajstić information content (AvgIpc) is 2.51. The average molecular weight is 347 g/mol. The summed E-state index contributed by atoms with van der Waals surface area (Å²) in [6.07, 6.45) is 2.67. The van der Waals surface area contributed by atoms with Crippen molar-refractivity contribution in [3.8, 4) is 0 Å². The van der Waals surface area contributed by atoms with E-state index in [1.165, 1.54) is 0 Å². The molecule has 7 heteroatoms. The van der Waals surface area contributed by atoms with Gasteiger partial charge in [0.2, 0.25) is 0 Å². The molecule has 0 saturated carbocycles. The third-order valence-corrected chi connectivity index (χ3v) is 4.15. The maximum Gasteiger partial charge on any atom is 0.253 e. The van der Waals surface area contributed by atoms with E-state index in [1.807, 2.05) is 0 Å². The number of hydrogen-bond acceptors (Lipinski definition) is 4. The third-order valence-electron chi connectivity index (χ3n) is 3.52. The Hall–Kier alpha value is -1.01. The van der Waals surface area contributed by atoms with Gasteiger partial charge in [0.25, 0.3) is 5.91 Å². The van der Waals surface area contributed by atoms with Gasteiger partial charge in [0.15, 0.2) is 0 Å². The number of carbonyl (C=O) groups excluding carboxylic acids is 1. The highest BCUT2D eigenvalue weighted by atomic mass is 35.5. The van der Waals surface area contributed by atoms with Gasteiger partial charge in [0.05, 0.1) is 28.4 Å². The molecule has 0 bridgehead atoms. The highest BCUT2D eigenvalue weighted by Crippen LogP contribution is 2.31. The van der Waals surface area contributed by atoms with Crippen LogP contribution in [-0.2, 0) is 14.3 Å². The first-order chi connectivity index (χ1) is 10.5. The molecule has 1 aromatic rings. The number of halogens is 2. The third kappa shape index (κ3) is 4.74. The zero-order valence-electron chi connectivity index (χ0n) is 12.4. The summed E-state index contributed by atoms with van der Waals surface area (Å²) in [5.41, 5.74) is 6.43. The first kappa shape index (κ1) is 17.3. The van der Waals surface area contributed by atoms with E-state index in [0.717, 1.165) is 25.9 Å². The number of nitrogen functional groups attached to an aromatic ring is 1. The predicted octanol–water partition coefficient (Wildman–Crippen LogP) is 3.49. The molecule has 1 saturated heterocycles. The van der Waals surface area contributed by atoms with Crippen LogP contribution in [0.5, 0.6) is 0 Å². The Balaban J connectivity index is 1.85. The van der Waals surface area contributed by atoms with E-state index in [-0.39, 0.29) is 12.0 Å². The minimum atomic E-state index is -0.597. The Morgan fingerprint density at radius 3 is 2.73 bits per heavy atom. The molecule has 2 atom stereocenters. The molecular weight excluding hydrogens is 327 g/mol. The van der Waals surface area contributed by atoms with Gasteiger partial charge in [-0.1, -0.05) is 23.2 Å². The van der Waals surface area contributed by atoms with Crippen LogP contribution in [0.2, 0.25) is 10.0 Å². The second-order valence-electron chi connectivity index (χ2n) is 5.31. The lowest BCUT2D eigenvalue weighted by molar-refractivity contribution is -0.130. The minimum absolute atomic E-state index is 0.0735. The molecule has 1 aromatic carbocycles. The first-order valence-electron chi connectivity index (χ1n) is 7.26. The van der Waals surface area contributed by atoms with Crippen LogP contribution in [0.4, 0.5) is 11.4 Å². The van der Waals surface area contributed by atoms with E-state index in [1.54, 1.807) is 19.1 Å². The van der Waals surface area contributed by atoms with Crippen LogP contribution in [0, 0.1) is 0 Å². The van der Waals surface area contributed by atoms with E-state index in [2.05, 4.69) is 5.32 Å². The molecule has 2 rings (SSSR count). The lowest BCUT2D eigenvalue weighted by Gasteiger charge is -2.24. The fourth-order valence-electron chi connectivity index (χ4n) is 2.17. The number of anilines is 2. The molecule has 0 spiro atoms. The maximum absolute atomic E-state index is 12.1. The van der Waals surface area contributed by atoms with E-state index < -0.39 is 6.10 Å². The van der Waals surface area contributed by atoms with Crippen molar-refractivity contribution in [2.24, 2.45) is 0 Å². The topological polar surface area (TPSA) is 73.6 Å². The number of hydrogen-bond donors (Lipinski definition) is 2. The number of amides is 1. The molecule has 22 heavy (non-hydrogen) atoms. The van der Waals surface area contributed by atoms with Gasteiger partial charge in [0, 0.05) is 12.3 Å². The van der Waals surface area contributed by atoms with Gasteiger partial charge < -0.3 is 20.5 Å². The fraction of sp³-hybridized carbons (Fsp3) is 0.533. The molecule has 122 valence electrons. The highest BCUT2D eigenvalue weighted by Gasteiger charge is 2.19. The molecule has 0 aliphatic carbocycles. The normalized spacial score (nSPS) is 19.7. The van der Waals surface area contributed by atoms with E-state index in [9.17, 15) is 4.79 Å². The van der Waals surface area contributed by atoms with Crippen LogP contribution >= 0.6 is 23.2 Å². The van der Waals surface area contributed by atoms with Crippen molar-refractivity contribution in [2.75, 3.05) is 24.3 Å². The summed E-state index contributed by atoms with van der Waals surface area (Å²) in [5, 5.41) is 3.31. The molecule has 2 unspecified atom stereocenters. The Morgan fingerprint density at radius 2 is 2.14 bits per heavy atom. The second kappa shape index (κ2) is 8.02. The minimum Gasteiger partial charge on any atom is -0.396 e. The van der Waals surface area contributed by atoms with Gasteiger partial charge >= 0.3 is 0 Å². The summed E-state index contributed by atoms with van der Waals surface area (Å²) < 4.78 is 11.1. The quantitative estimate of drug-likeness (QED) is 0.800. The lowest BCUT2D eigenvalue weighted by atomic mass is 10.1. The van der Waals surface area contributed by atoms with Crippen LogP contribution in [0.3, 0.4) is 0 Å². The molecule has 1 aliphatic heterocycles. The van der Waals surface area contributed by atoms with Crippen molar-refractivity contribution in [3.63, 3.8) is 0 Å². The van der Waals surface area contributed by atoms with Crippen molar-refractivity contribution in [2.45, 2.75) is 38.4 Å². The van der Waals surface area contributed by atoms with Crippen LogP contribution in [0.1, 0.15) is 26.2 Å². The van der Waals surface area contributed by atoms with Gasteiger partial charge in [0.1, 0.15) is 6.10 Å². The monoisotopic (exact) mass is 346 g/mol. The van der Waals surface area contributed by atoms with Gasteiger partial charge in [-0.25, -0.2) is 0 Å². The lowest BCUT2D eigenvalue weighted by Crippen LogP contribution is -2.32. The molecule has 0 aromatic heterocycles. The largest absolute Gasteiger partial charge is 0.396 e. The number of carbonyl (C=O) groups is 1. The standard InChI is InChI=1S/C15H20Cl2N2O3/c1-9(22-8-11-4-2-3-5-21-11)15(20)19-10-6-12(16)14(18)13(17)7-10/h6-7,9,11H,2-5,8,18H2,1H3,(H,19,20). The van der Waals surface area contributed by atoms with E-state index in [4.69, 9.17) is 38.4 Å². The van der Waals surface area contributed by atoms with Crippen molar-refractivity contribution < 1.29 is 14.3 Å². The SMILES string of the molecule is CC(OCC1CCCCO1)C(=O)Nc1cc(Cl)c(N)c(Cl)c1. The molecule has 1 fully saturated rings. The second-order valence-corrected chi connectivity index (χ2v) is 6.12. The van der Waals surface area contributed by atoms with E-state index in [0.29, 0.717) is 28.0 Å². The van der Waals surface area contributed by atoms with Crippen LogP contribution in [0.25, 0.3) is 0 Å². The van der Waals surface area contributed by atoms with E-state index >= 15 is 0 Å². The van der Waals surface area contributed by atoms with Crippen molar-refractivity contribution in [1.82, 2.24) is 0 Å². The molecule has 1 amide bonds. The molecule has 1 aliphatic rings. The summed E-state index contributed by atoms with van der Waals surface area (Å²) in [4.78, 5) is 12.1. The Morgan fingerprint density at radius 1 is 1.45 bits per heavy atom. The molecule has 3 N–H and O–H groups in total. The van der Waals surface area contributed by atoms with Crippen LogP contribution < -0.4 is 11.1 Å². The zero-order valence-corrected chi connectivity index (χ0v) is 13.9. The smallest absolute Gasteiger partial charge is 0.253 e. The van der Waals surface area contributed by atoms with Gasteiger partial charge in [-0.15, -0.1) is 0 Å². The number of nitrogens with two attached hydrogens (primary N) is 1. The predicted molar refractivity (Wildman–Crippen MR) is 88.5 cm³/mol. The summed E-state index contributed by atoms with van der Waals surface area (Å²) in [6.45, 7) is 2.87. The zero-order chi connectivity index (χ0) is 16.1. The number of nitrogens with one attached hydrogen (secondary N) is 1. The summed E-state index contributed by atoms with van der Waals surface area (Å²) in [6, 6.07) is 3.11. The van der Waals surface area contributed by atoms with Gasteiger partial charge in [-0.3, -0.25) is 4.79 Å². The molecule has 5 nitrogen and oxygen atoms in total. The number of rotatable bonds is 5. The molecule has 0 radical (unpaired) electrons. The number of benzene rings is 1. The summed E-state index contributed by atoms with van der Waals surface area (Å²) in [7, 11) is 0. The van der Waals surface area contributed by atoms with Crippen molar-refractivity contribution >= 4 is 40.5 Å². The number of ether oxygens (including phenoxy) is 2. The summed E-state index contributed by atoms with van der Waals surface area (Å²) in [5.74, 6) is -0.271. The van der Waals surface area contributed by atoms with Crippen LogP contribution in [-0.4, -0.2) is 31.3 Å². The summed E-state index contributed by atoms with van der Waals surface area (Å²) >= 11 is 11.9. The molecule has 1 heterocycles. The van der Waals surface area contributed by atoms with Gasteiger partial charge in [-0.05, 0) is 38.3 Å². The Labute approximate surface area is 140 Å². The first-order valence-corrected chi connectivity index (χ1v) is 8.01.